The normalized spacial score (nSPS) is 18.2. The van der Waals surface area contributed by atoms with Gasteiger partial charge in [-0.2, -0.15) is 0 Å². The molecule has 0 aromatic carbocycles. The number of hydrogen-bond donors (Lipinski definition) is 1. The first-order valence-electron chi connectivity index (χ1n) is 11.5. The number of piperidine rings is 1. The average Bonchev–Trinajstić information content (AvgIpc) is 3.19. The molecule has 1 saturated heterocycles. The minimum Gasteiger partial charge on any atom is -0.382 e. The second-order valence-corrected chi connectivity index (χ2v) is 10.5. The Morgan fingerprint density at radius 1 is 1.11 bits per heavy atom. The van der Waals surface area contributed by atoms with Gasteiger partial charge in [-0.25, -0.2) is 19.9 Å². The minimum atomic E-state index is -0.229. The van der Waals surface area contributed by atoms with E-state index in [1.54, 1.807) is 24.7 Å². The molecule has 1 spiro atoms. The van der Waals surface area contributed by atoms with Crippen LogP contribution >= 0.6 is 23.4 Å². The summed E-state index contributed by atoms with van der Waals surface area (Å²) < 4.78 is 0. The molecule has 180 valence electrons. The third-order valence-electron chi connectivity index (χ3n) is 7.02. The van der Waals surface area contributed by atoms with Crippen molar-refractivity contribution in [3.63, 3.8) is 0 Å². The number of hydrogen-bond acceptors (Lipinski definition) is 9. The predicted molar refractivity (Wildman–Crippen MR) is 139 cm³/mol. The Kier molecular flexibility index (Phi) is 5.75. The van der Waals surface area contributed by atoms with Crippen LogP contribution in [0.1, 0.15) is 30.1 Å². The van der Waals surface area contributed by atoms with Crippen LogP contribution in [-0.4, -0.2) is 38.0 Å². The van der Waals surface area contributed by atoms with Gasteiger partial charge in [0.2, 0.25) is 0 Å². The Bertz CT molecular complexity index is 1510. The number of nitrogen functional groups attached to an aromatic ring is 1. The quantitative estimate of drug-likeness (QED) is 0.216. The highest BCUT2D eigenvalue weighted by Crippen LogP contribution is 2.53. The number of rotatable bonds is 4. The zero-order valence-electron chi connectivity index (χ0n) is 19.1. The molecule has 0 saturated carbocycles. The first-order valence-corrected chi connectivity index (χ1v) is 12.7. The van der Waals surface area contributed by atoms with Gasteiger partial charge in [0.05, 0.1) is 23.0 Å². The van der Waals surface area contributed by atoms with Crippen molar-refractivity contribution in [1.29, 1.82) is 0 Å². The number of aromatic nitrogens is 5. The molecule has 0 bridgehead atoms. The first-order chi connectivity index (χ1) is 17.6. The van der Waals surface area contributed by atoms with Crippen molar-refractivity contribution in [1.82, 2.24) is 24.9 Å². The fourth-order valence-electron chi connectivity index (χ4n) is 5.19. The van der Waals surface area contributed by atoms with Gasteiger partial charge in [0.1, 0.15) is 22.2 Å². The SMILES string of the molecule is [N-]=[N+]=NC1c2ncccc2CC12CCN(c1cnc3nc(Sc4ccnc(N)c4Cl)ccc3n1)CC2. The van der Waals surface area contributed by atoms with Gasteiger partial charge in [-0.05, 0) is 60.0 Å². The Balaban J connectivity index is 1.20. The monoisotopic (exact) mass is 516 g/mol. The van der Waals surface area contributed by atoms with Gasteiger partial charge < -0.3 is 10.6 Å². The summed E-state index contributed by atoms with van der Waals surface area (Å²) in [5.41, 5.74) is 18.3. The largest absolute Gasteiger partial charge is 0.382 e. The molecule has 1 unspecified atom stereocenters. The van der Waals surface area contributed by atoms with E-state index in [0.717, 1.165) is 59.3 Å². The molecule has 10 nitrogen and oxygen atoms in total. The summed E-state index contributed by atoms with van der Waals surface area (Å²) in [6.45, 7) is 1.60. The molecule has 4 aromatic rings. The smallest absolute Gasteiger partial charge is 0.179 e. The van der Waals surface area contributed by atoms with Crippen molar-refractivity contribution in [2.75, 3.05) is 23.7 Å². The summed E-state index contributed by atoms with van der Waals surface area (Å²) in [5, 5.41) is 5.33. The number of anilines is 2. The summed E-state index contributed by atoms with van der Waals surface area (Å²) in [7, 11) is 0. The number of pyridine rings is 3. The molecule has 1 atom stereocenters. The summed E-state index contributed by atoms with van der Waals surface area (Å²) in [6.07, 6.45) is 7.82. The standard InChI is InChI=1S/C24H21ClN10S/c25-19-16(5-9-29-22(19)26)36-18-4-3-15-23(32-18)30-13-17(31-15)35-10-6-24(7-11-35)12-14-2-1-8-28-20(14)21(24)33-34-27/h1-5,8-9,13,21H,6-7,10-12H2,(H2,26,29). The van der Waals surface area contributed by atoms with Crippen LogP contribution in [0.15, 0.2) is 64.0 Å². The fraction of sp³-hybridized carbons (Fsp3) is 0.292. The van der Waals surface area contributed by atoms with Crippen LogP contribution in [0.3, 0.4) is 0 Å². The first kappa shape index (κ1) is 22.8. The van der Waals surface area contributed by atoms with E-state index in [2.05, 4.69) is 40.9 Å². The van der Waals surface area contributed by atoms with E-state index in [9.17, 15) is 5.53 Å². The van der Waals surface area contributed by atoms with Crippen molar-refractivity contribution in [3.8, 4) is 0 Å². The van der Waals surface area contributed by atoms with E-state index >= 15 is 0 Å². The van der Waals surface area contributed by atoms with Gasteiger partial charge in [-0.15, -0.1) is 0 Å². The molecule has 12 heteroatoms. The molecule has 1 aliphatic heterocycles. The van der Waals surface area contributed by atoms with E-state index in [1.165, 1.54) is 17.3 Å². The van der Waals surface area contributed by atoms with Crippen LogP contribution in [0.2, 0.25) is 5.02 Å². The number of azide groups is 1. The number of halogens is 1. The van der Waals surface area contributed by atoms with Gasteiger partial charge >= 0.3 is 0 Å². The molecule has 0 amide bonds. The highest BCUT2D eigenvalue weighted by molar-refractivity contribution is 7.99. The maximum absolute atomic E-state index is 9.20. The van der Waals surface area contributed by atoms with Crippen molar-refractivity contribution in [2.24, 2.45) is 10.5 Å². The molecular weight excluding hydrogens is 496 g/mol. The van der Waals surface area contributed by atoms with Gasteiger partial charge in [-0.3, -0.25) is 4.98 Å². The topological polar surface area (TPSA) is 142 Å². The summed E-state index contributed by atoms with van der Waals surface area (Å²) in [4.78, 5) is 28.8. The second-order valence-electron chi connectivity index (χ2n) is 9.01. The van der Waals surface area contributed by atoms with Gasteiger partial charge in [0, 0.05) is 35.3 Å². The zero-order valence-corrected chi connectivity index (χ0v) is 20.7. The van der Waals surface area contributed by atoms with E-state index in [0.29, 0.717) is 16.5 Å². The van der Waals surface area contributed by atoms with Crippen LogP contribution in [-0.2, 0) is 6.42 Å². The molecule has 36 heavy (non-hydrogen) atoms. The van der Waals surface area contributed by atoms with E-state index in [-0.39, 0.29) is 11.5 Å². The number of nitrogens with zero attached hydrogens (tertiary/aromatic N) is 9. The Morgan fingerprint density at radius 3 is 2.81 bits per heavy atom. The fourth-order valence-corrected chi connectivity index (χ4v) is 6.24. The summed E-state index contributed by atoms with van der Waals surface area (Å²) in [5.74, 6) is 1.11. The third-order valence-corrected chi connectivity index (χ3v) is 8.53. The maximum Gasteiger partial charge on any atom is 0.179 e. The van der Waals surface area contributed by atoms with Crippen molar-refractivity contribution >= 4 is 46.2 Å². The van der Waals surface area contributed by atoms with Crippen molar-refractivity contribution in [2.45, 2.75) is 35.2 Å². The zero-order chi connectivity index (χ0) is 24.7. The Morgan fingerprint density at radius 2 is 1.97 bits per heavy atom. The van der Waals surface area contributed by atoms with Crippen LogP contribution in [0, 0.1) is 5.41 Å². The lowest BCUT2D eigenvalue weighted by Gasteiger charge is -2.42. The van der Waals surface area contributed by atoms with Crippen molar-refractivity contribution < 1.29 is 0 Å². The highest BCUT2D eigenvalue weighted by atomic mass is 35.5. The molecule has 2 aliphatic rings. The summed E-state index contributed by atoms with van der Waals surface area (Å²) in [6, 6.07) is 9.43. The van der Waals surface area contributed by atoms with Crippen LogP contribution < -0.4 is 10.6 Å². The molecule has 0 radical (unpaired) electrons. The molecule has 1 fully saturated rings. The van der Waals surface area contributed by atoms with E-state index in [4.69, 9.17) is 22.3 Å². The number of fused-ring (bicyclic) bond motifs is 2. The molecule has 5 heterocycles. The lowest BCUT2D eigenvalue weighted by Crippen LogP contribution is -2.42. The second kappa shape index (κ2) is 9.09. The molecule has 4 aromatic heterocycles. The Hall–Kier alpha value is -3.66. The maximum atomic E-state index is 9.20. The average molecular weight is 517 g/mol. The molecule has 6 rings (SSSR count). The highest BCUT2D eigenvalue weighted by Gasteiger charge is 2.48. The minimum absolute atomic E-state index is 0.102. The molecule has 1 aliphatic carbocycles. The third kappa shape index (κ3) is 3.95. The van der Waals surface area contributed by atoms with Crippen LogP contribution in [0.25, 0.3) is 21.6 Å². The predicted octanol–water partition coefficient (Wildman–Crippen LogP) is 5.40. The summed E-state index contributed by atoms with van der Waals surface area (Å²) >= 11 is 7.67. The van der Waals surface area contributed by atoms with Gasteiger partial charge in [0.25, 0.3) is 0 Å². The van der Waals surface area contributed by atoms with Gasteiger partial charge in [-0.1, -0.05) is 34.5 Å². The van der Waals surface area contributed by atoms with Crippen LogP contribution in [0.5, 0.6) is 0 Å². The van der Waals surface area contributed by atoms with E-state index < -0.39 is 0 Å². The number of nitrogens with two attached hydrogens (primary N) is 1. The Labute approximate surface area is 216 Å². The lowest BCUT2D eigenvalue weighted by molar-refractivity contribution is 0.186. The van der Waals surface area contributed by atoms with Crippen LogP contribution in [0.4, 0.5) is 11.6 Å². The lowest BCUT2D eigenvalue weighted by atomic mass is 9.73. The van der Waals surface area contributed by atoms with E-state index in [1.807, 2.05) is 18.2 Å². The molecule has 2 N–H and O–H groups in total. The van der Waals surface area contributed by atoms with Gasteiger partial charge in [0.15, 0.2) is 5.65 Å². The molecular formula is C24H21ClN10S. The van der Waals surface area contributed by atoms with Crippen molar-refractivity contribution in [3.05, 3.63) is 75.6 Å².